The molecule has 0 spiro atoms. The van der Waals surface area contributed by atoms with Crippen LogP contribution in [-0.4, -0.2) is 39.5 Å². The molecule has 0 radical (unpaired) electrons. The third kappa shape index (κ3) is 6.06. The van der Waals surface area contributed by atoms with E-state index in [-0.39, 0.29) is 16.9 Å². The van der Waals surface area contributed by atoms with Crippen LogP contribution in [0.4, 0.5) is 11.4 Å². The van der Waals surface area contributed by atoms with Crippen LogP contribution in [0.15, 0.2) is 77.7 Å². The first-order chi connectivity index (χ1) is 16.8. The van der Waals surface area contributed by atoms with Crippen LogP contribution in [0, 0.1) is 6.92 Å². The number of carbonyl (C=O) groups is 2. The third-order valence-electron chi connectivity index (χ3n) is 5.72. The second kappa shape index (κ2) is 10.7. The number of benzene rings is 3. The van der Waals surface area contributed by atoms with E-state index in [1.807, 2.05) is 0 Å². The molecular weight excluding hydrogens is 466 g/mol. The summed E-state index contributed by atoms with van der Waals surface area (Å²) in [6.45, 7) is 2.84. The fraction of sp³-hybridized carbons (Fsp3) is 0.231. The summed E-state index contributed by atoms with van der Waals surface area (Å²) in [4.78, 5) is 25.8. The van der Waals surface area contributed by atoms with E-state index in [1.165, 1.54) is 18.2 Å². The van der Waals surface area contributed by atoms with E-state index < -0.39 is 15.9 Å². The minimum Gasteiger partial charge on any atom is -0.376 e. The van der Waals surface area contributed by atoms with Crippen LogP contribution >= 0.6 is 0 Å². The van der Waals surface area contributed by atoms with Crippen LogP contribution in [0.5, 0.6) is 0 Å². The Bertz CT molecular complexity index is 1320. The molecule has 1 atom stereocenters. The van der Waals surface area contributed by atoms with Crippen LogP contribution in [-0.2, 0) is 14.8 Å². The summed E-state index contributed by atoms with van der Waals surface area (Å²) in [6.07, 6.45) is 1.91. The predicted molar refractivity (Wildman–Crippen MR) is 134 cm³/mol. The highest BCUT2D eigenvalue weighted by molar-refractivity contribution is 7.92. The molecule has 1 fully saturated rings. The van der Waals surface area contributed by atoms with Crippen LogP contribution in [0.25, 0.3) is 0 Å². The minimum atomic E-state index is -3.75. The normalized spacial score (nSPS) is 15.4. The molecular formula is C26H27N3O5S. The van der Waals surface area contributed by atoms with Crippen molar-refractivity contribution in [3.8, 4) is 0 Å². The third-order valence-corrected chi connectivity index (χ3v) is 7.10. The van der Waals surface area contributed by atoms with Gasteiger partial charge in [0.2, 0.25) is 0 Å². The Morgan fingerprint density at radius 2 is 1.69 bits per heavy atom. The number of para-hydroxylation sites is 1. The van der Waals surface area contributed by atoms with Crippen molar-refractivity contribution < 1.29 is 22.7 Å². The molecule has 3 aromatic carbocycles. The van der Waals surface area contributed by atoms with Gasteiger partial charge in [0.05, 0.1) is 27.9 Å². The molecule has 1 saturated heterocycles. The van der Waals surface area contributed by atoms with Gasteiger partial charge >= 0.3 is 0 Å². The lowest BCUT2D eigenvalue weighted by Gasteiger charge is -2.15. The number of ether oxygens (including phenoxy) is 1. The maximum Gasteiger partial charge on any atom is 0.261 e. The minimum absolute atomic E-state index is 0.0153. The van der Waals surface area contributed by atoms with E-state index in [1.54, 1.807) is 61.5 Å². The van der Waals surface area contributed by atoms with Crippen molar-refractivity contribution in [2.24, 2.45) is 0 Å². The summed E-state index contributed by atoms with van der Waals surface area (Å²) >= 11 is 0. The number of anilines is 2. The van der Waals surface area contributed by atoms with Gasteiger partial charge in [0.25, 0.3) is 21.8 Å². The largest absolute Gasteiger partial charge is 0.376 e. The lowest BCUT2D eigenvalue weighted by Crippen LogP contribution is -2.32. The summed E-state index contributed by atoms with van der Waals surface area (Å²) in [6, 6.07) is 19.5. The molecule has 2 amide bonds. The van der Waals surface area contributed by atoms with Gasteiger partial charge in [-0.15, -0.1) is 0 Å². The molecule has 1 heterocycles. The van der Waals surface area contributed by atoms with Crippen LogP contribution < -0.4 is 15.4 Å². The van der Waals surface area contributed by atoms with E-state index in [4.69, 9.17) is 4.74 Å². The molecule has 3 N–H and O–H groups in total. The van der Waals surface area contributed by atoms with Crippen LogP contribution in [0.1, 0.15) is 39.1 Å². The van der Waals surface area contributed by atoms with E-state index in [2.05, 4.69) is 15.4 Å². The van der Waals surface area contributed by atoms with Gasteiger partial charge in [0, 0.05) is 18.7 Å². The van der Waals surface area contributed by atoms with Gasteiger partial charge in [0.15, 0.2) is 0 Å². The Morgan fingerprint density at radius 3 is 2.40 bits per heavy atom. The topological polar surface area (TPSA) is 114 Å². The van der Waals surface area contributed by atoms with Crippen LogP contribution in [0.3, 0.4) is 0 Å². The monoisotopic (exact) mass is 493 g/mol. The zero-order valence-electron chi connectivity index (χ0n) is 19.3. The van der Waals surface area contributed by atoms with E-state index in [9.17, 15) is 18.0 Å². The van der Waals surface area contributed by atoms with Crippen molar-refractivity contribution >= 4 is 33.2 Å². The van der Waals surface area contributed by atoms with Crippen molar-refractivity contribution in [1.82, 2.24) is 5.32 Å². The summed E-state index contributed by atoms with van der Waals surface area (Å²) in [7, 11) is -3.75. The van der Waals surface area contributed by atoms with Gasteiger partial charge in [-0.2, -0.15) is 0 Å². The van der Waals surface area contributed by atoms with E-state index in [0.717, 1.165) is 12.8 Å². The van der Waals surface area contributed by atoms with Gasteiger partial charge in [-0.3, -0.25) is 14.3 Å². The number of sulfonamides is 1. The van der Waals surface area contributed by atoms with Gasteiger partial charge in [-0.1, -0.05) is 30.3 Å². The zero-order chi connectivity index (χ0) is 24.8. The highest BCUT2D eigenvalue weighted by Gasteiger charge is 2.20. The lowest BCUT2D eigenvalue weighted by atomic mass is 10.1. The zero-order valence-corrected chi connectivity index (χ0v) is 20.1. The second-order valence-electron chi connectivity index (χ2n) is 8.29. The number of aryl methyl sites for hydroxylation is 1. The molecule has 35 heavy (non-hydrogen) atoms. The van der Waals surface area contributed by atoms with Gasteiger partial charge in [-0.25, -0.2) is 8.42 Å². The summed E-state index contributed by atoms with van der Waals surface area (Å²) in [5, 5.41) is 5.65. The molecule has 8 nitrogen and oxygen atoms in total. The number of carbonyl (C=O) groups excluding carboxylic acids is 2. The molecule has 0 aliphatic carbocycles. The average Bonchev–Trinajstić information content (AvgIpc) is 3.38. The standard InChI is InChI=1S/C26H27N3O5S/c1-18-16-19(13-14-23(18)29-35(32,33)21-9-3-2-4-10-21)25(30)28-24-12-6-5-11-22(24)26(31)27-17-20-8-7-15-34-20/h2-6,9-14,16,20,29H,7-8,15,17H2,1H3,(H,27,31)(H,28,30). The Balaban J connectivity index is 1.45. The average molecular weight is 494 g/mol. The molecule has 0 bridgehead atoms. The first-order valence-electron chi connectivity index (χ1n) is 11.3. The fourth-order valence-electron chi connectivity index (χ4n) is 3.81. The maximum absolute atomic E-state index is 12.9. The highest BCUT2D eigenvalue weighted by atomic mass is 32.2. The molecule has 1 aliphatic rings. The summed E-state index contributed by atoms with van der Waals surface area (Å²) < 4.78 is 33.3. The summed E-state index contributed by atoms with van der Waals surface area (Å²) in [5.41, 5.74) is 2.02. The van der Waals surface area contributed by atoms with Gasteiger partial charge < -0.3 is 15.4 Å². The van der Waals surface area contributed by atoms with Crippen molar-refractivity contribution in [1.29, 1.82) is 0 Å². The quantitative estimate of drug-likeness (QED) is 0.440. The SMILES string of the molecule is Cc1cc(C(=O)Nc2ccccc2C(=O)NCC2CCCO2)ccc1NS(=O)(=O)c1ccccc1. The number of hydrogen-bond donors (Lipinski definition) is 3. The number of amides is 2. The molecule has 182 valence electrons. The lowest BCUT2D eigenvalue weighted by molar-refractivity contribution is 0.0858. The van der Waals surface area contributed by atoms with Crippen molar-refractivity contribution in [3.63, 3.8) is 0 Å². The second-order valence-corrected chi connectivity index (χ2v) is 9.98. The first-order valence-corrected chi connectivity index (χ1v) is 12.8. The highest BCUT2D eigenvalue weighted by Crippen LogP contribution is 2.22. The van der Waals surface area contributed by atoms with Gasteiger partial charge in [-0.05, 0) is 67.8 Å². The molecule has 1 unspecified atom stereocenters. The van der Waals surface area contributed by atoms with Gasteiger partial charge in [0.1, 0.15) is 0 Å². The Kier molecular flexibility index (Phi) is 7.48. The Labute approximate surface area is 204 Å². The van der Waals surface area contributed by atoms with Crippen LogP contribution in [0.2, 0.25) is 0 Å². The Morgan fingerprint density at radius 1 is 0.943 bits per heavy atom. The number of hydrogen-bond acceptors (Lipinski definition) is 5. The maximum atomic E-state index is 12.9. The van der Waals surface area contributed by atoms with E-state index in [0.29, 0.717) is 41.2 Å². The molecule has 1 aliphatic heterocycles. The predicted octanol–water partition coefficient (Wildman–Crippen LogP) is 3.96. The van der Waals surface area contributed by atoms with E-state index >= 15 is 0 Å². The molecule has 0 aromatic heterocycles. The van der Waals surface area contributed by atoms with Crippen molar-refractivity contribution in [2.75, 3.05) is 23.2 Å². The molecule has 4 rings (SSSR count). The molecule has 9 heteroatoms. The first kappa shape index (κ1) is 24.4. The fourth-order valence-corrected chi connectivity index (χ4v) is 4.97. The van der Waals surface area contributed by atoms with Crippen molar-refractivity contribution in [3.05, 3.63) is 89.5 Å². The Hall–Kier alpha value is -3.69. The summed E-state index contributed by atoms with van der Waals surface area (Å²) in [5.74, 6) is -0.705. The smallest absolute Gasteiger partial charge is 0.261 e. The number of nitrogens with one attached hydrogen (secondary N) is 3. The molecule has 3 aromatic rings. The molecule has 0 saturated carbocycles. The number of rotatable bonds is 8. The van der Waals surface area contributed by atoms with Crippen molar-refractivity contribution in [2.45, 2.75) is 30.8 Å².